The third-order valence-corrected chi connectivity index (χ3v) is 3.22. The maximum Gasteiger partial charge on any atom is 0.387 e. The van der Waals surface area contributed by atoms with Crippen LogP contribution in [0.15, 0.2) is 48.5 Å². The maximum atomic E-state index is 12.3. The first-order valence-corrected chi connectivity index (χ1v) is 6.90. The van der Waals surface area contributed by atoms with Gasteiger partial charge < -0.3 is 9.64 Å². The van der Waals surface area contributed by atoms with Crippen LogP contribution in [-0.2, 0) is 6.54 Å². The summed E-state index contributed by atoms with van der Waals surface area (Å²) in [4.78, 5) is 23.9. The Bertz CT molecular complexity index is 735. The fourth-order valence-electron chi connectivity index (χ4n) is 2.09. The molecule has 0 atom stereocenters. The predicted octanol–water partition coefficient (Wildman–Crippen LogP) is 3.47. The van der Waals surface area contributed by atoms with E-state index in [0.29, 0.717) is 5.56 Å². The Morgan fingerprint density at radius 2 is 1.92 bits per heavy atom. The first kappa shape index (κ1) is 17.3. The molecule has 126 valence electrons. The Hall–Kier alpha value is -3.03. The van der Waals surface area contributed by atoms with Gasteiger partial charge in [-0.3, -0.25) is 14.9 Å². The zero-order chi connectivity index (χ0) is 17.7. The van der Waals surface area contributed by atoms with Crippen molar-refractivity contribution in [2.24, 2.45) is 0 Å². The van der Waals surface area contributed by atoms with Gasteiger partial charge >= 0.3 is 6.61 Å². The van der Waals surface area contributed by atoms with Crippen LogP contribution in [0.25, 0.3) is 0 Å². The third-order valence-electron chi connectivity index (χ3n) is 3.22. The second-order valence-electron chi connectivity index (χ2n) is 4.99. The summed E-state index contributed by atoms with van der Waals surface area (Å²) in [5.41, 5.74) is 0.741. The Morgan fingerprint density at radius 3 is 2.50 bits per heavy atom. The monoisotopic (exact) mass is 336 g/mol. The van der Waals surface area contributed by atoms with E-state index in [1.165, 1.54) is 41.3 Å². The van der Waals surface area contributed by atoms with Gasteiger partial charge in [-0.05, 0) is 23.8 Å². The molecule has 0 bridgehead atoms. The molecule has 0 N–H and O–H groups in total. The van der Waals surface area contributed by atoms with E-state index in [1.807, 2.05) is 0 Å². The Balaban J connectivity index is 2.06. The van der Waals surface area contributed by atoms with Crippen molar-refractivity contribution in [2.45, 2.75) is 13.2 Å². The van der Waals surface area contributed by atoms with E-state index < -0.39 is 11.5 Å². The first-order chi connectivity index (χ1) is 11.4. The number of non-ortho nitro benzene ring substituents is 1. The number of nitro groups is 1. The van der Waals surface area contributed by atoms with Crippen molar-refractivity contribution in [2.75, 3.05) is 7.05 Å². The molecule has 0 saturated heterocycles. The van der Waals surface area contributed by atoms with Gasteiger partial charge in [0, 0.05) is 31.3 Å². The summed E-state index contributed by atoms with van der Waals surface area (Å²) in [6.07, 6.45) is 0. The van der Waals surface area contributed by atoms with Crippen LogP contribution < -0.4 is 4.74 Å². The van der Waals surface area contributed by atoms with Gasteiger partial charge in [-0.2, -0.15) is 8.78 Å². The lowest BCUT2D eigenvalue weighted by Crippen LogP contribution is -2.26. The standard InChI is InChI=1S/C16H14F2N2O4/c1-19(10-11-5-7-14(8-6-11)24-16(17)18)15(21)12-3-2-4-13(9-12)20(22)23/h2-9,16H,10H2,1H3. The molecule has 2 rings (SSSR count). The Labute approximate surface area is 136 Å². The van der Waals surface area contributed by atoms with Gasteiger partial charge in [0.2, 0.25) is 0 Å². The van der Waals surface area contributed by atoms with Crippen molar-refractivity contribution in [1.82, 2.24) is 4.90 Å². The average Bonchev–Trinajstić information content (AvgIpc) is 2.55. The molecular formula is C16H14F2N2O4. The van der Waals surface area contributed by atoms with Crippen molar-refractivity contribution in [3.05, 3.63) is 69.8 Å². The molecule has 0 unspecified atom stereocenters. The lowest BCUT2D eigenvalue weighted by molar-refractivity contribution is -0.384. The summed E-state index contributed by atoms with van der Waals surface area (Å²) in [5, 5.41) is 10.8. The van der Waals surface area contributed by atoms with Crippen LogP contribution >= 0.6 is 0 Å². The number of amides is 1. The third kappa shape index (κ3) is 4.48. The van der Waals surface area contributed by atoms with Crippen LogP contribution in [-0.4, -0.2) is 29.4 Å². The fourth-order valence-corrected chi connectivity index (χ4v) is 2.09. The number of carbonyl (C=O) groups excluding carboxylic acids is 1. The molecule has 8 heteroatoms. The molecule has 0 radical (unpaired) electrons. The van der Waals surface area contributed by atoms with Crippen molar-refractivity contribution in [3.8, 4) is 5.75 Å². The van der Waals surface area contributed by atoms with Gasteiger partial charge in [0.25, 0.3) is 11.6 Å². The number of nitrogens with zero attached hydrogens (tertiary/aromatic N) is 2. The number of ether oxygens (including phenoxy) is 1. The quantitative estimate of drug-likeness (QED) is 0.598. The van der Waals surface area contributed by atoms with Crippen molar-refractivity contribution >= 4 is 11.6 Å². The van der Waals surface area contributed by atoms with E-state index in [4.69, 9.17) is 0 Å². The molecule has 0 aromatic heterocycles. The minimum absolute atomic E-state index is 0.0291. The number of alkyl halides is 2. The second-order valence-corrected chi connectivity index (χ2v) is 4.99. The Morgan fingerprint density at radius 1 is 1.25 bits per heavy atom. The van der Waals surface area contributed by atoms with Gasteiger partial charge in [-0.1, -0.05) is 18.2 Å². The molecule has 6 nitrogen and oxygen atoms in total. The predicted molar refractivity (Wildman–Crippen MR) is 82.0 cm³/mol. The van der Waals surface area contributed by atoms with Gasteiger partial charge in [0.1, 0.15) is 5.75 Å². The highest BCUT2D eigenvalue weighted by Gasteiger charge is 2.15. The van der Waals surface area contributed by atoms with Crippen molar-refractivity contribution < 1.29 is 23.2 Å². The molecule has 2 aromatic rings. The van der Waals surface area contributed by atoms with E-state index in [0.717, 1.165) is 0 Å². The zero-order valence-corrected chi connectivity index (χ0v) is 12.7. The number of carbonyl (C=O) groups is 1. The van der Waals surface area contributed by atoms with Crippen LogP contribution in [0, 0.1) is 10.1 Å². The molecule has 0 heterocycles. The SMILES string of the molecule is CN(Cc1ccc(OC(F)F)cc1)C(=O)c1cccc([N+](=O)[O-])c1. The van der Waals surface area contributed by atoms with E-state index in [9.17, 15) is 23.7 Å². The zero-order valence-electron chi connectivity index (χ0n) is 12.7. The molecule has 24 heavy (non-hydrogen) atoms. The highest BCUT2D eigenvalue weighted by molar-refractivity contribution is 5.94. The maximum absolute atomic E-state index is 12.3. The normalized spacial score (nSPS) is 10.5. The molecule has 0 saturated carbocycles. The van der Waals surface area contributed by atoms with Gasteiger partial charge in [0.15, 0.2) is 0 Å². The highest BCUT2D eigenvalue weighted by atomic mass is 19.3. The van der Waals surface area contributed by atoms with E-state index in [-0.39, 0.29) is 29.5 Å². The lowest BCUT2D eigenvalue weighted by atomic mass is 10.1. The van der Waals surface area contributed by atoms with Crippen LogP contribution in [0.3, 0.4) is 0 Å². The van der Waals surface area contributed by atoms with Crippen LogP contribution in [0.2, 0.25) is 0 Å². The summed E-state index contributed by atoms with van der Waals surface area (Å²) < 4.78 is 28.4. The van der Waals surface area contributed by atoms with Crippen LogP contribution in [0.4, 0.5) is 14.5 Å². The molecule has 1 amide bonds. The smallest absolute Gasteiger partial charge is 0.387 e. The minimum Gasteiger partial charge on any atom is -0.435 e. The summed E-state index contributed by atoms with van der Waals surface area (Å²) in [6.45, 7) is -2.68. The summed E-state index contributed by atoms with van der Waals surface area (Å²) in [5.74, 6) is -0.354. The number of hydrogen-bond donors (Lipinski definition) is 0. The number of nitro benzene ring substituents is 1. The molecule has 0 aliphatic rings. The molecule has 0 fully saturated rings. The molecule has 2 aromatic carbocycles. The summed E-state index contributed by atoms with van der Waals surface area (Å²) in [6, 6.07) is 11.3. The second kappa shape index (κ2) is 7.49. The van der Waals surface area contributed by atoms with Gasteiger partial charge in [-0.15, -0.1) is 0 Å². The average molecular weight is 336 g/mol. The molecular weight excluding hydrogens is 322 g/mol. The summed E-state index contributed by atoms with van der Waals surface area (Å²) in [7, 11) is 1.55. The van der Waals surface area contributed by atoms with Crippen LogP contribution in [0.5, 0.6) is 5.75 Å². The van der Waals surface area contributed by atoms with Gasteiger partial charge in [0.05, 0.1) is 4.92 Å². The number of halogens is 2. The minimum atomic E-state index is -2.89. The molecule has 0 aliphatic carbocycles. The number of benzene rings is 2. The Kier molecular flexibility index (Phi) is 5.41. The highest BCUT2D eigenvalue weighted by Crippen LogP contribution is 2.18. The first-order valence-electron chi connectivity index (χ1n) is 6.90. The lowest BCUT2D eigenvalue weighted by Gasteiger charge is -2.17. The van der Waals surface area contributed by atoms with Crippen molar-refractivity contribution in [1.29, 1.82) is 0 Å². The van der Waals surface area contributed by atoms with E-state index in [1.54, 1.807) is 19.2 Å². The molecule has 0 aliphatic heterocycles. The van der Waals surface area contributed by atoms with E-state index >= 15 is 0 Å². The van der Waals surface area contributed by atoms with Crippen molar-refractivity contribution in [3.63, 3.8) is 0 Å². The fraction of sp³-hybridized carbons (Fsp3) is 0.188. The number of rotatable bonds is 6. The largest absolute Gasteiger partial charge is 0.435 e. The molecule has 0 spiro atoms. The van der Waals surface area contributed by atoms with E-state index in [2.05, 4.69) is 4.74 Å². The topological polar surface area (TPSA) is 72.7 Å². The van der Waals surface area contributed by atoms with Gasteiger partial charge in [-0.25, -0.2) is 0 Å². The number of hydrogen-bond acceptors (Lipinski definition) is 4. The van der Waals surface area contributed by atoms with Crippen LogP contribution in [0.1, 0.15) is 15.9 Å². The summed E-state index contributed by atoms with van der Waals surface area (Å²) >= 11 is 0.